The third-order valence-corrected chi connectivity index (χ3v) is 2.22. The molecule has 20 heavy (non-hydrogen) atoms. The van der Waals surface area contributed by atoms with E-state index in [4.69, 9.17) is 4.74 Å². The van der Waals surface area contributed by atoms with Crippen molar-refractivity contribution in [3.05, 3.63) is 35.9 Å². The average Bonchev–Trinajstić information content (AvgIpc) is 2.45. The van der Waals surface area contributed by atoms with Crippen LogP contribution in [0.4, 0.5) is 9.59 Å². The normalized spacial score (nSPS) is 11.1. The molecule has 108 valence electrons. The van der Waals surface area contributed by atoms with Crippen LogP contribution in [0.2, 0.25) is 0 Å². The van der Waals surface area contributed by atoms with Crippen LogP contribution in [-0.4, -0.2) is 31.9 Å². The van der Waals surface area contributed by atoms with Crippen molar-refractivity contribution in [3.63, 3.8) is 0 Å². The third kappa shape index (κ3) is 4.60. The zero-order chi connectivity index (χ0) is 15.0. The minimum absolute atomic E-state index is 0.109. The lowest BCUT2D eigenvalue weighted by molar-refractivity contribution is -0.150. The van der Waals surface area contributed by atoms with Crippen molar-refractivity contribution in [2.75, 3.05) is 13.7 Å². The molecule has 2 amide bonds. The van der Waals surface area contributed by atoms with Crippen LogP contribution in [0.3, 0.4) is 0 Å². The molecule has 0 aliphatic carbocycles. The highest BCUT2D eigenvalue weighted by Gasteiger charge is 2.26. The second-order valence-corrected chi connectivity index (χ2v) is 3.56. The van der Waals surface area contributed by atoms with Crippen LogP contribution in [0.15, 0.2) is 30.3 Å². The largest absolute Gasteiger partial charge is 0.466 e. The van der Waals surface area contributed by atoms with Crippen molar-refractivity contribution >= 4 is 18.2 Å². The summed E-state index contributed by atoms with van der Waals surface area (Å²) in [6.45, 7) is 1.70. The summed E-state index contributed by atoms with van der Waals surface area (Å²) >= 11 is 0. The first kappa shape index (κ1) is 15.5. The number of hydrogen-bond acceptors (Lipinski definition) is 6. The molecular formula is C13H15NO6. The first-order valence-corrected chi connectivity index (χ1v) is 5.85. The molecule has 0 aliphatic rings. The van der Waals surface area contributed by atoms with Gasteiger partial charge in [-0.25, -0.2) is 19.7 Å². The lowest BCUT2D eigenvalue weighted by Gasteiger charge is -2.15. The molecule has 0 aliphatic heterocycles. The van der Waals surface area contributed by atoms with Gasteiger partial charge >= 0.3 is 18.2 Å². The summed E-state index contributed by atoms with van der Waals surface area (Å²) in [7, 11) is 1.17. The number of hydrogen-bond donors (Lipinski definition) is 1. The molecule has 7 heteroatoms. The van der Waals surface area contributed by atoms with E-state index in [1.165, 1.54) is 7.11 Å². The van der Waals surface area contributed by atoms with E-state index >= 15 is 0 Å². The number of benzene rings is 1. The van der Waals surface area contributed by atoms with Crippen molar-refractivity contribution in [2.24, 2.45) is 0 Å². The number of amides is 2. The van der Waals surface area contributed by atoms with Crippen molar-refractivity contribution in [3.8, 4) is 0 Å². The Labute approximate surface area is 115 Å². The monoisotopic (exact) mass is 281 g/mol. The molecule has 7 nitrogen and oxygen atoms in total. The lowest BCUT2D eigenvalue weighted by Crippen LogP contribution is -2.34. The van der Waals surface area contributed by atoms with Gasteiger partial charge in [0.15, 0.2) is 0 Å². The van der Waals surface area contributed by atoms with Gasteiger partial charge in [-0.05, 0) is 6.92 Å². The first-order valence-electron chi connectivity index (χ1n) is 5.85. The molecule has 1 aromatic carbocycles. The molecular weight excluding hydrogens is 266 g/mol. The van der Waals surface area contributed by atoms with E-state index < -0.39 is 24.3 Å². The minimum Gasteiger partial charge on any atom is -0.466 e. The predicted molar refractivity (Wildman–Crippen MR) is 67.8 cm³/mol. The summed E-state index contributed by atoms with van der Waals surface area (Å²) < 4.78 is 14.0. The Morgan fingerprint density at radius 2 is 1.80 bits per heavy atom. The Bertz CT molecular complexity index is 473. The summed E-state index contributed by atoms with van der Waals surface area (Å²) in [6, 6.07) is 8.30. The van der Waals surface area contributed by atoms with Crippen LogP contribution >= 0.6 is 0 Å². The quantitative estimate of drug-likeness (QED) is 0.668. The molecule has 0 radical (unpaired) electrons. The van der Waals surface area contributed by atoms with Crippen LogP contribution in [0.5, 0.6) is 0 Å². The van der Waals surface area contributed by atoms with E-state index in [9.17, 15) is 14.4 Å². The van der Waals surface area contributed by atoms with Crippen molar-refractivity contribution in [2.45, 2.75) is 13.0 Å². The number of rotatable bonds is 4. The standard InChI is InChI=1S/C13H15NO6/c1-3-19-12(16)14-13(17)20-10(11(15)18-2)9-7-5-4-6-8-9/h4-8,10H,3H2,1-2H3,(H,14,16,17). The molecule has 1 atom stereocenters. The molecule has 0 saturated carbocycles. The van der Waals surface area contributed by atoms with Crippen LogP contribution in [0.25, 0.3) is 0 Å². The molecule has 1 rings (SSSR count). The maximum Gasteiger partial charge on any atom is 0.417 e. The average molecular weight is 281 g/mol. The molecule has 0 aromatic heterocycles. The lowest BCUT2D eigenvalue weighted by atomic mass is 10.1. The number of nitrogens with one attached hydrogen (secondary N) is 1. The van der Waals surface area contributed by atoms with Gasteiger partial charge in [0.2, 0.25) is 6.10 Å². The Morgan fingerprint density at radius 1 is 1.15 bits per heavy atom. The molecule has 1 aromatic rings. The zero-order valence-electron chi connectivity index (χ0n) is 11.1. The molecule has 0 bridgehead atoms. The Kier molecular flexibility index (Phi) is 6.02. The molecule has 1 unspecified atom stereocenters. The van der Waals surface area contributed by atoms with Crippen LogP contribution in [0, 0.1) is 0 Å². The van der Waals surface area contributed by atoms with Crippen LogP contribution in [-0.2, 0) is 19.0 Å². The molecule has 1 N–H and O–H groups in total. The van der Waals surface area contributed by atoms with Crippen molar-refractivity contribution < 1.29 is 28.6 Å². The van der Waals surface area contributed by atoms with Gasteiger partial charge < -0.3 is 14.2 Å². The van der Waals surface area contributed by atoms with E-state index in [1.807, 2.05) is 5.32 Å². The predicted octanol–water partition coefficient (Wildman–Crippen LogP) is 1.78. The van der Waals surface area contributed by atoms with E-state index in [1.54, 1.807) is 37.3 Å². The highest BCUT2D eigenvalue weighted by molar-refractivity contribution is 5.89. The van der Waals surface area contributed by atoms with E-state index in [2.05, 4.69) is 9.47 Å². The Hall–Kier alpha value is -2.57. The fraction of sp³-hybridized carbons (Fsp3) is 0.308. The Morgan fingerprint density at radius 3 is 2.35 bits per heavy atom. The third-order valence-electron chi connectivity index (χ3n) is 2.22. The fourth-order valence-electron chi connectivity index (χ4n) is 1.37. The highest BCUT2D eigenvalue weighted by Crippen LogP contribution is 2.18. The summed E-state index contributed by atoms with van der Waals surface area (Å²) in [5, 5.41) is 1.83. The maximum absolute atomic E-state index is 11.6. The fourth-order valence-corrected chi connectivity index (χ4v) is 1.37. The smallest absolute Gasteiger partial charge is 0.417 e. The van der Waals surface area contributed by atoms with E-state index in [0.717, 1.165) is 0 Å². The van der Waals surface area contributed by atoms with Gasteiger partial charge in [0.1, 0.15) is 0 Å². The Balaban J connectivity index is 2.74. The second-order valence-electron chi connectivity index (χ2n) is 3.56. The molecule has 0 saturated heterocycles. The highest BCUT2D eigenvalue weighted by atomic mass is 16.6. The van der Waals surface area contributed by atoms with Gasteiger partial charge in [-0.15, -0.1) is 0 Å². The first-order chi connectivity index (χ1) is 9.58. The van der Waals surface area contributed by atoms with Gasteiger partial charge in [0.05, 0.1) is 13.7 Å². The second kappa shape index (κ2) is 7.78. The van der Waals surface area contributed by atoms with E-state index in [0.29, 0.717) is 5.56 Å². The molecule has 0 spiro atoms. The number of methoxy groups -OCH3 is 1. The number of alkyl carbamates (subject to hydrolysis) is 2. The number of ether oxygens (including phenoxy) is 3. The summed E-state index contributed by atoms with van der Waals surface area (Å²) in [5.41, 5.74) is 0.429. The van der Waals surface area contributed by atoms with Gasteiger partial charge in [-0.3, -0.25) is 0 Å². The number of carbonyl (C=O) groups excluding carboxylic acids is 3. The number of esters is 1. The zero-order valence-corrected chi connectivity index (χ0v) is 11.1. The van der Waals surface area contributed by atoms with Crippen molar-refractivity contribution in [1.82, 2.24) is 5.32 Å². The summed E-state index contributed by atoms with van der Waals surface area (Å²) in [5.74, 6) is -0.754. The molecule has 0 fully saturated rings. The SMILES string of the molecule is CCOC(=O)NC(=O)OC(C(=O)OC)c1ccccc1. The van der Waals surface area contributed by atoms with Gasteiger partial charge in [0, 0.05) is 5.56 Å². The van der Waals surface area contributed by atoms with Crippen LogP contribution in [0.1, 0.15) is 18.6 Å². The van der Waals surface area contributed by atoms with Crippen molar-refractivity contribution in [1.29, 1.82) is 0 Å². The van der Waals surface area contributed by atoms with Crippen LogP contribution < -0.4 is 5.32 Å². The van der Waals surface area contributed by atoms with Gasteiger partial charge in [-0.1, -0.05) is 30.3 Å². The summed E-state index contributed by atoms with van der Waals surface area (Å²) in [4.78, 5) is 34.2. The number of imide groups is 1. The van der Waals surface area contributed by atoms with Gasteiger partial charge in [-0.2, -0.15) is 0 Å². The van der Waals surface area contributed by atoms with Gasteiger partial charge in [0.25, 0.3) is 0 Å². The molecule has 0 heterocycles. The number of carbonyl (C=O) groups is 3. The maximum atomic E-state index is 11.6. The topological polar surface area (TPSA) is 90.9 Å². The summed E-state index contributed by atoms with van der Waals surface area (Å²) in [6.07, 6.45) is -3.30. The minimum atomic E-state index is -1.25. The van der Waals surface area contributed by atoms with E-state index in [-0.39, 0.29) is 6.61 Å².